The maximum Gasteiger partial charge on any atom is 0.460 e. The molecular formula is C18H19B2F15O6. The molecule has 0 aromatic rings. The second kappa shape index (κ2) is 10.8. The Morgan fingerprint density at radius 2 is 1.10 bits per heavy atom. The van der Waals surface area contributed by atoms with Crippen LogP contribution in [0.1, 0.15) is 13.8 Å². The predicted octanol–water partition coefficient (Wildman–Crippen LogP) is 5.32. The van der Waals surface area contributed by atoms with Gasteiger partial charge in [0.05, 0.1) is 12.7 Å². The first kappa shape index (κ1) is 34.3. The normalized spacial score (nSPS) is 29.0. The summed E-state index contributed by atoms with van der Waals surface area (Å²) in [4.78, 5) is 0. The van der Waals surface area contributed by atoms with Crippen molar-refractivity contribution in [2.75, 3.05) is 13.2 Å². The van der Waals surface area contributed by atoms with E-state index in [1.54, 1.807) is 6.92 Å². The largest absolute Gasteiger partial charge is 0.460 e. The summed E-state index contributed by atoms with van der Waals surface area (Å²) in [5.41, 5.74) is 0. The van der Waals surface area contributed by atoms with Gasteiger partial charge in [0.15, 0.2) is 6.29 Å². The molecule has 0 aliphatic carbocycles. The number of hydrogen-bond acceptors (Lipinski definition) is 6. The summed E-state index contributed by atoms with van der Waals surface area (Å²) < 4.78 is 232. The van der Waals surface area contributed by atoms with Gasteiger partial charge in [-0.05, 0) is 12.6 Å². The lowest BCUT2D eigenvalue weighted by molar-refractivity contribution is -0.454. The molecular weight excluding hydrogens is 619 g/mol. The van der Waals surface area contributed by atoms with Crippen LogP contribution in [0.5, 0.6) is 0 Å². The fraction of sp³-hybridized carbons (Fsp3) is 1.00. The van der Waals surface area contributed by atoms with E-state index in [0.717, 1.165) is 0 Å². The van der Waals surface area contributed by atoms with Crippen LogP contribution < -0.4 is 0 Å². The van der Waals surface area contributed by atoms with Gasteiger partial charge >= 0.3 is 55.9 Å². The van der Waals surface area contributed by atoms with Gasteiger partial charge in [-0.25, -0.2) is 0 Å². The van der Waals surface area contributed by atoms with Crippen molar-refractivity contribution in [3.63, 3.8) is 0 Å². The molecule has 3 saturated heterocycles. The molecule has 0 bridgehead atoms. The zero-order valence-electron chi connectivity index (χ0n) is 20.5. The van der Waals surface area contributed by atoms with Crippen LogP contribution in [0.25, 0.3) is 0 Å². The average Bonchev–Trinajstić information content (AvgIpc) is 3.56. The van der Waals surface area contributed by atoms with Gasteiger partial charge in [0.1, 0.15) is 24.9 Å². The zero-order valence-corrected chi connectivity index (χ0v) is 20.5. The lowest BCUT2D eigenvalue weighted by Crippen LogP contribution is -2.73. The quantitative estimate of drug-likeness (QED) is 0.226. The Morgan fingerprint density at radius 1 is 0.610 bits per heavy atom. The summed E-state index contributed by atoms with van der Waals surface area (Å²) in [6.45, 7) is 0.00881. The van der Waals surface area contributed by atoms with Gasteiger partial charge in [-0.1, -0.05) is 13.8 Å². The average molecular weight is 638 g/mol. The number of alkyl halides is 15. The molecule has 3 heterocycles. The minimum atomic E-state index is -8.38. The first-order valence-corrected chi connectivity index (χ1v) is 11.6. The Kier molecular flexibility index (Phi) is 9.02. The maximum atomic E-state index is 14.3. The number of halogens is 15. The summed E-state index contributed by atoms with van der Waals surface area (Å²) in [6, 6.07) is 0. The van der Waals surface area contributed by atoms with Crippen molar-refractivity contribution in [2.24, 2.45) is 0 Å². The molecule has 0 radical (unpaired) electrons. The molecule has 0 N–H and O–H groups in total. The second-order valence-electron chi connectivity index (χ2n) is 9.24. The highest BCUT2D eigenvalue weighted by Gasteiger charge is 2.93. The fourth-order valence-electron chi connectivity index (χ4n) is 4.10. The van der Waals surface area contributed by atoms with Gasteiger partial charge in [0, 0.05) is 0 Å². The van der Waals surface area contributed by atoms with Crippen LogP contribution >= 0.6 is 0 Å². The molecule has 0 amide bonds. The van der Waals surface area contributed by atoms with Crippen LogP contribution in [0, 0.1) is 0 Å². The SMILES string of the molecule is CCB1OCC(C2OC(OCC(F)(F)C(F)(F)C(F)(F)C(F)(F)C(F)(F)C(F)(F)C(F)(F)F)C3OB(CC)OC23)O1. The van der Waals surface area contributed by atoms with Gasteiger partial charge in [-0.2, -0.15) is 65.9 Å². The Morgan fingerprint density at radius 3 is 1.59 bits per heavy atom. The standard InChI is InChI=1S/C18H19B2F15O6/c1-3-19-37-5-7(39-19)8-9-10(41-20(4-2)40-9)11(38-8)36-6-12(21,22)13(23,24)14(25,26)15(27,28)16(29,30)17(31,32)18(33,34)35/h7-11H,3-6H2,1-2H3. The minimum absolute atomic E-state index is 0.123. The number of fused-ring (bicyclic) bond motifs is 1. The van der Waals surface area contributed by atoms with Gasteiger partial charge < -0.3 is 28.1 Å². The van der Waals surface area contributed by atoms with E-state index in [9.17, 15) is 65.9 Å². The third-order valence-electron chi connectivity index (χ3n) is 6.45. The topological polar surface area (TPSA) is 55.4 Å². The van der Waals surface area contributed by atoms with Crippen molar-refractivity contribution in [1.82, 2.24) is 0 Å². The van der Waals surface area contributed by atoms with Gasteiger partial charge in [0.2, 0.25) is 0 Å². The molecule has 3 aliphatic heterocycles. The van der Waals surface area contributed by atoms with E-state index >= 15 is 0 Å². The molecule has 23 heteroatoms. The summed E-state index contributed by atoms with van der Waals surface area (Å²) in [7, 11) is -1.80. The van der Waals surface area contributed by atoms with E-state index in [2.05, 4.69) is 4.74 Å². The van der Waals surface area contributed by atoms with Crippen molar-refractivity contribution >= 4 is 14.2 Å². The van der Waals surface area contributed by atoms with E-state index in [-0.39, 0.29) is 12.9 Å². The third-order valence-corrected chi connectivity index (χ3v) is 6.45. The van der Waals surface area contributed by atoms with E-state index in [1.165, 1.54) is 6.92 Å². The van der Waals surface area contributed by atoms with Crippen LogP contribution in [0.2, 0.25) is 12.6 Å². The Bertz CT molecular complexity index is 939. The Hall–Kier alpha value is -1.16. The van der Waals surface area contributed by atoms with Crippen LogP contribution in [0.15, 0.2) is 0 Å². The maximum absolute atomic E-state index is 14.3. The van der Waals surface area contributed by atoms with Crippen LogP contribution in [-0.2, 0) is 28.1 Å². The minimum Gasteiger partial charge on any atom is -0.408 e. The molecule has 0 spiro atoms. The van der Waals surface area contributed by atoms with Crippen LogP contribution in [0.4, 0.5) is 65.9 Å². The molecule has 0 saturated carbocycles. The molecule has 3 aliphatic rings. The molecule has 238 valence electrons. The highest BCUT2D eigenvalue weighted by atomic mass is 19.4. The lowest BCUT2D eigenvalue weighted by atomic mass is 9.86. The molecule has 3 fully saturated rings. The van der Waals surface area contributed by atoms with Crippen molar-refractivity contribution in [1.29, 1.82) is 0 Å². The molecule has 5 unspecified atom stereocenters. The summed E-state index contributed by atoms with van der Waals surface area (Å²) in [6.07, 6.45) is -14.4. The summed E-state index contributed by atoms with van der Waals surface area (Å²) in [5.74, 6) is -47.2. The molecule has 6 nitrogen and oxygen atoms in total. The van der Waals surface area contributed by atoms with E-state index in [1.807, 2.05) is 0 Å². The number of ether oxygens (including phenoxy) is 2. The van der Waals surface area contributed by atoms with Crippen LogP contribution in [0.3, 0.4) is 0 Å². The van der Waals surface area contributed by atoms with E-state index in [0.29, 0.717) is 6.32 Å². The summed E-state index contributed by atoms with van der Waals surface area (Å²) in [5, 5.41) is 0. The third kappa shape index (κ3) is 5.29. The highest BCUT2D eigenvalue weighted by Crippen LogP contribution is 2.62. The van der Waals surface area contributed by atoms with Gasteiger partial charge in [-0.3, -0.25) is 0 Å². The van der Waals surface area contributed by atoms with Crippen LogP contribution in [-0.4, -0.2) is 99.9 Å². The van der Waals surface area contributed by atoms with Gasteiger partial charge in [-0.15, -0.1) is 0 Å². The lowest BCUT2D eigenvalue weighted by Gasteiger charge is -2.41. The molecule has 3 rings (SSSR count). The second-order valence-corrected chi connectivity index (χ2v) is 9.24. The smallest absolute Gasteiger partial charge is 0.408 e. The van der Waals surface area contributed by atoms with Crippen molar-refractivity contribution in [3.05, 3.63) is 0 Å². The van der Waals surface area contributed by atoms with E-state index in [4.69, 9.17) is 23.4 Å². The Balaban J connectivity index is 1.82. The zero-order chi connectivity index (χ0) is 31.6. The molecule has 0 aromatic heterocycles. The number of hydrogen-bond donors (Lipinski definition) is 0. The van der Waals surface area contributed by atoms with Crippen molar-refractivity contribution < 1.29 is 93.9 Å². The van der Waals surface area contributed by atoms with E-state index < -0.39 is 93.3 Å². The Labute approximate surface area is 221 Å². The molecule has 5 atom stereocenters. The predicted molar refractivity (Wildman–Crippen MR) is 103 cm³/mol. The number of rotatable bonds is 11. The first-order valence-electron chi connectivity index (χ1n) is 11.6. The monoisotopic (exact) mass is 638 g/mol. The first-order chi connectivity index (χ1) is 18.4. The van der Waals surface area contributed by atoms with Gasteiger partial charge in [0.25, 0.3) is 0 Å². The van der Waals surface area contributed by atoms with Crippen molar-refractivity contribution in [2.45, 2.75) is 98.9 Å². The molecule has 0 aromatic carbocycles. The fourth-order valence-corrected chi connectivity index (χ4v) is 4.10. The van der Waals surface area contributed by atoms with Crippen molar-refractivity contribution in [3.8, 4) is 0 Å². The molecule has 41 heavy (non-hydrogen) atoms. The highest BCUT2D eigenvalue weighted by molar-refractivity contribution is 6.45. The summed E-state index contributed by atoms with van der Waals surface area (Å²) >= 11 is 0.